The summed E-state index contributed by atoms with van der Waals surface area (Å²) in [5.41, 5.74) is 3.66. The van der Waals surface area contributed by atoms with Crippen LogP contribution in [0.15, 0.2) is 54.6 Å². The summed E-state index contributed by atoms with van der Waals surface area (Å²) in [5, 5.41) is 4.04. The molecule has 0 fully saturated rings. The number of benzene rings is 2. The molecule has 0 saturated heterocycles. The van der Waals surface area contributed by atoms with Gasteiger partial charge in [-0.1, -0.05) is 41.9 Å². The van der Waals surface area contributed by atoms with Crippen molar-refractivity contribution in [2.75, 3.05) is 10.2 Å². The second-order valence-corrected chi connectivity index (χ2v) is 8.07. The van der Waals surface area contributed by atoms with Crippen molar-refractivity contribution in [3.63, 3.8) is 0 Å². The van der Waals surface area contributed by atoms with E-state index in [2.05, 4.69) is 53.3 Å². The van der Waals surface area contributed by atoms with Crippen molar-refractivity contribution in [1.82, 2.24) is 9.97 Å². The molecule has 4 nitrogen and oxygen atoms in total. The zero-order valence-electron chi connectivity index (χ0n) is 15.8. The van der Waals surface area contributed by atoms with Crippen molar-refractivity contribution in [2.24, 2.45) is 0 Å². The van der Waals surface area contributed by atoms with Crippen LogP contribution in [0.2, 0.25) is 5.02 Å². The Hall–Kier alpha value is -2.59. The quantitative estimate of drug-likeness (QED) is 0.651. The highest BCUT2D eigenvalue weighted by atomic mass is 35.5. The Morgan fingerprint density at radius 3 is 2.56 bits per heavy atom. The minimum atomic E-state index is -0.0253. The lowest BCUT2D eigenvalue weighted by Gasteiger charge is -2.44. The molecule has 4 rings (SSSR count). The molecule has 1 aromatic heterocycles. The Kier molecular flexibility index (Phi) is 4.52. The SMILES string of the molecule is Cc1nc(Nc2cccc(Cl)c2)cc(N2Cc3ccccc3CC2(C)C)n1. The van der Waals surface area contributed by atoms with Gasteiger partial charge in [-0.15, -0.1) is 0 Å². The second kappa shape index (κ2) is 6.86. The van der Waals surface area contributed by atoms with Crippen molar-refractivity contribution in [2.45, 2.75) is 39.3 Å². The molecule has 1 aliphatic heterocycles. The van der Waals surface area contributed by atoms with Crippen LogP contribution in [0.4, 0.5) is 17.3 Å². The van der Waals surface area contributed by atoms with E-state index < -0.39 is 0 Å². The summed E-state index contributed by atoms with van der Waals surface area (Å²) in [6, 6.07) is 18.3. The molecule has 1 aliphatic rings. The van der Waals surface area contributed by atoms with Crippen LogP contribution in [0.25, 0.3) is 0 Å². The van der Waals surface area contributed by atoms with Gasteiger partial charge in [-0.25, -0.2) is 9.97 Å². The predicted molar refractivity (Wildman–Crippen MR) is 112 cm³/mol. The van der Waals surface area contributed by atoms with E-state index in [1.807, 2.05) is 37.3 Å². The third-order valence-electron chi connectivity index (χ3n) is 5.00. The normalized spacial score (nSPS) is 15.3. The van der Waals surface area contributed by atoms with Gasteiger partial charge in [0.2, 0.25) is 0 Å². The Morgan fingerprint density at radius 1 is 1.00 bits per heavy atom. The summed E-state index contributed by atoms with van der Waals surface area (Å²) in [7, 11) is 0. The highest BCUT2D eigenvalue weighted by Crippen LogP contribution is 2.35. The summed E-state index contributed by atoms with van der Waals surface area (Å²) < 4.78 is 0. The molecule has 0 amide bonds. The molecule has 138 valence electrons. The summed E-state index contributed by atoms with van der Waals surface area (Å²) >= 11 is 6.10. The maximum Gasteiger partial charge on any atom is 0.136 e. The highest BCUT2D eigenvalue weighted by molar-refractivity contribution is 6.30. The van der Waals surface area contributed by atoms with Crippen molar-refractivity contribution in [1.29, 1.82) is 0 Å². The molecule has 2 heterocycles. The third kappa shape index (κ3) is 3.76. The predicted octanol–water partition coefficient (Wildman–Crippen LogP) is 5.52. The van der Waals surface area contributed by atoms with Crippen LogP contribution >= 0.6 is 11.6 Å². The van der Waals surface area contributed by atoms with Crippen molar-refractivity contribution < 1.29 is 0 Å². The van der Waals surface area contributed by atoms with E-state index in [0.29, 0.717) is 5.02 Å². The van der Waals surface area contributed by atoms with Gasteiger partial charge in [-0.3, -0.25) is 0 Å². The fraction of sp³-hybridized carbons (Fsp3) is 0.273. The maximum absolute atomic E-state index is 6.10. The van der Waals surface area contributed by atoms with Gasteiger partial charge in [0.05, 0.1) is 0 Å². The Labute approximate surface area is 165 Å². The van der Waals surface area contributed by atoms with Gasteiger partial charge in [0.25, 0.3) is 0 Å². The lowest BCUT2D eigenvalue weighted by molar-refractivity contribution is 0.427. The van der Waals surface area contributed by atoms with Gasteiger partial charge in [0, 0.05) is 28.9 Å². The van der Waals surface area contributed by atoms with Crippen molar-refractivity contribution in [3.05, 3.63) is 76.6 Å². The molecule has 2 aromatic carbocycles. The minimum Gasteiger partial charge on any atom is -0.347 e. The van der Waals surface area contributed by atoms with Crippen LogP contribution in [-0.4, -0.2) is 15.5 Å². The van der Waals surface area contributed by atoms with Crippen LogP contribution in [-0.2, 0) is 13.0 Å². The Morgan fingerprint density at radius 2 is 1.78 bits per heavy atom. The first-order valence-electron chi connectivity index (χ1n) is 9.13. The van der Waals surface area contributed by atoms with Crippen molar-refractivity contribution >= 4 is 28.9 Å². The molecule has 5 heteroatoms. The number of rotatable bonds is 3. The average molecular weight is 379 g/mol. The summed E-state index contributed by atoms with van der Waals surface area (Å²) in [6.45, 7) is 7.31. The number of aromatic nitrogens is 2. The van der Waals surface area contributed by atoms with E-state index in [-0.39, 0.29) is 5.54 Å². The number of fused-ring (bicyclic) bond motifs is 1. The van der Waals surface area contributed by atoms with Gasteiger partial charge >= 0.3 is 0 Å². The number of nitrogens with one attached hydrogen (secondary N) is 1. The van der Waals surface area contributed by atoms with E-state index in [9.17, 15) is 0 Å². The van der Waals surface area contributed by atoms with Crippen molar-refractivity contribution in [3.8, 4) is 0 Å². The molecule has 0 bridgehead atoms. The molecular formula is C22H23ClN4. The smallest absolute Gasteiger partial charge is 0.136 e. The van der Waals surface area contributed by atoms with Crippen LogP contribution in [0.5, 0.6) is 0 Å². The summed E-state index contributed by atoms with van der Waals surface area (Å²) in [4.78, 5) is 11.7. The average Bonchev–Trinajstić information content (AvgIpc) is 2.60. The fourth-order valence-corrected chi connectivity index (χ4v) is 3.88. The lowest BCUT2D eigenvalue weighted by atomic mass is 9.85. The van der Waals surface area contributed by atoms with Gasteiger partial charge in [-0.05, 0) is 56.5 Å². The van der Waals surface area contributed by atoms with E-state index in [0.717, 1.165) is 36.1 Å². The highest BCUT2D eigenvalue weighted by Gasteiger charge is 2.33. The molecule has 0 aliphatic carbocycles. The van der Waals surface area contributed by atoms with Crippen LogP contribution < -0.4 is 10.2 Å². The molecular weight excluding hydrogens is 356 g/mol. The standard InChI is InChI=1S/C22H23ClN4/c1-15-24-20(26-19-10-6-9-18(23)11-19)12-21(25-15)27-14-17-8-5-4-7-16(17)13-22(27,2)3/h4-12H,13-14H2,1-3H3,(H,24,25,26). The molecule has 0 unspecified atom stereocenters. The number of hydrogen-bond acceptors (Lipinski definition) is 4. The number of aryl methyl sites for hydroxylation is 1. The first-order valence-corrected chi connectivity index (χ1v) is 9.51. The number of halogens is 1. The van der Waals surface area contributed by atoms with Crippen LogP contribution in [0, 0.1) is 6.92 Å². The molecule has 0 radical (unpaired) electrons. The van der Waals surface area contributed by atoms with Gasteiger partial charge in [-0.2, -0.15) is 0 Å². The van der Waals surface area contributed by atoms with E-state index >= 15 is 0 Å². The maximum atomic E-state index is 6.10. The fourth-order valence-electron chi connectivity index (χ4n) is 3.69. The number of anilines is 3. The van der Waals surface area contributed by atoms with Crippen LogP contribution in [0.3, 0.4) is 0 Å². The molecule has 0 saturated carbocycles. The van der Waals surface area contributed by atoms with Gasteiger partial charge in [0.15, 0.2) is 0 Å². The van der Waals surface area contributed by atoms with Gasteiger partial charge < -0.3 is 10.2 Å². The molecule has 3 aromatic rings. The summed E-state index contributed by atoms with van der Waals surface area (Å²) in [5.74, 6) is 2.45. The third-order valence-corrected chi connectivity index (χ3v) is 5.23. The molecule has 0 atom stereocenters. The largest absolute Gasteiger partial charge is 0.347 e. The molecule has 1 N–H and O–H groups in total. The van der Waals surface area contributed by atoms with Crippen LogP contribution in [0.1, 0.15) is 30.8 Å². The summed E-state index contributed by atoms with van der Waals surface area (Å²) in [6.07, 6.45) is 0.989. The first kappa shape index (κ1) is 17.8. The second-order valence-electron chi connectivity index (χ2n) is 7.64. The Bertz CT molecular complexity index is 984. The van der Waals surface area contributed by atoms with E-state index in [4.69, 9.17) is 16.6 Å². The lowest BCUT2D eigenvalue weighted by Crippen LogP contribution is -2.49. The van der Waals surface area contributed by atoms with Gasteiger partial charge in [0.1, 0.15) is 17.5 Å². The number of nitrogens with zero attached hydrogens (tertiary/aromatic N) is 3. The Balaban J connectivity index is 1.68. The first-order chi connectivity index (χ1) is 12.9. The zero-order chi connectivity index (χ0) is 19.0. The minimum absolute atomic E-state index is 0.0253. The zero-order valence-corrected chi connectivity index (χ0v) is 16.6. The molecule has 0 spiro atoms. The number of hydrogen-bond donors (Lipinski definition) is 1. The van der Waals surface area contributed by atoms with E-state index in [1.165, 1.54) is 11.1 Å². The monoisotopic (exact) mass is 378 g/mol. The topological polar surface area (TPSA) is 41.1 Å². The molecule has 27 heavy (non-hydrogen) atoms. The van der Waals surface area contributed by atoms with E-state index in [1.54, 1.807) is 0 Å².